The summed E-state index contributed by atoms with van der Waals surface area (Å²) in [6.45, 7) is 0. The van der Waals surface area contributed by atoms with Gasteiger partial charge < -0.3 is 14.4 Å². The SMILES string of the molecule is c1ccc(-c2ccc(N(c3ccc4c(c3)sc3ccccc34)c3ccccc3-c3ccccc3-c3ccc4c(c3)Oc3cccc5cccc(c35)O4)cc2)cc1. The van der Waals surface area contributed by atoms with Gasteiger partial charge in [0.05, 0.1) is 11.1 Å². The van der Waals surface area contributed by atoms with Crippen molar-refractivity contribution in [3.8, 4) is 56.4 Å². The van der Waals surface area contributed by atoms with Crippen LogP contribution in [0.3, 0.4) is 0 Å². The van der Waals surface area contributed by atoms with Gasteiger partial charge in [-0.2, -0.15) is 0 Å². The highest BCUT2D eigenvalue weighted by Crippen LogP contribution is 2.49. The van der Waals surface area contributed by atoms with Crippen molar-refractivity contribution in [2.45, 2.75) is 0 Å². The van der Waals surface area contributed by atoms with Crippen molar-refractivity contribution in [1.82, 2.24) is 0 Å². The third-order valence-electron chi connectivity index (χ3n) is 10.7. The van der Waals surface area contributed by atoms with Crippen LogP contribution in [0.2, 0.25) is 0 Å². The molecule has 0 saturated heterocycles. The second-order valence-corrected chi connectivity index (χ2v) is 15.1. The normalized spacial score (nSPS) is 11.9. The third kappa shape index (κ3) is 5.50. The minimum absolute atomic E-state index is 0.686. The van der Waals surface area contributed by atoms with Crippen molar-refractivity contribution in [2.24, 2.45) is 0 Å². The fourth-order valence-electron chi connectivity index (χ4n) is 8.10. The van der Waals surface area contributed by atoms with Gasteiger partial charge in [0.25, 0.3) is 0 Å². The maximum atomic E-state index is 6.63. The standard InChI is InChI=1S/C52H33NO2S/c1-2-12-34(13-3-1)35-24-27-38(28-25-35)53(39-29-30-44-43-19-7-9-23-50(43)56-51(44)33-39)45-20-8-6-18-42(45)41-17-5-4-16-40(41)37-26-31-46-49(32-37)55-48-22-11-15-36-14-10-21-47(54-46)52(36)48/h1-33H. The minimum atomic E-state index is 0.686. The molecule has 0 atom stereocenters. The number of rotatable bonds is 6. The van der Waals surface area contributed by atoms with E-state index in [2.05, 4.69) is 175 Å². The van der Waals surface area contributed by atoms with Crippen LogP contribution in [0.15, 0.2) is 200 Å². The molecule has 56 heavy (non-hydrogen) atoms. The molecule has 0 N–H and O–H groups in total. The lowest BCUT2D eigenvalue weighted by atomic mass is 9.92. The van der Waals surface area contributed by atoms with E-state index in [4.69, 9.17) is 9.47 Å². The summed E-state index contributed by atoms with van der Waals surface area (Å²) in [5, 5.41) is 4.64. The maximum Gasteiger partial charge on any atom is 0.170 e. The molecule has 0 spiro atoms. The molecule has 0 unspecified atom stereocenters. The van der Waals surface area contributed by atoms with Gasteiger partial charge in [-0.25, -0.2) is 0 Å². The molecular formula is C52H33NO2S. The van der Waals surface area contributed by atoms with E-state index in [0.717, 1.165) is 61.6 Å². The van der Waals surface area contributed by atoms with Gasteiger partial charge >= 0.3 is 0 Å². The highest BCUT2D eigenvalue weighted by atomic mass is 32.1. The molecule has 0 saturated carbocycles. The molecule has 1 aliphatic heterocycles. The molecule has 0 fully saturated rings. The Kier molecular flexibility index (Phi) is 7.68. The van der Waals surface area contributed by atoms with Crippen LogP contribution in [0.1, 0.15) is 0 Å². The number of hydrogen-bond acceptors (Lipinski definition) is 4. The summed E-state index contributed by atoms with van der Waals surface area (Å²) in [5.41, 5.74) is 10.0. The van der Waals surface area contributed by atoms with Gasteiger partial charge in [0.15, 0.2) is 11.5 Å². The number of thiophene rings is 1. The average molecular weight is 736 g/mol. The summed E-state index contributed by atoms with van der Waals surface area (Å²) in [6, 6.07) is 71.0. The summed E-state index contributed by atoms with van der Waals surface area (Å²) < 4.78 is 15.7. The Morgan fingerprint density at radius 1 is 0.357 bits per heavy atom. The largest absolute Gasteiger partial charge is 0.453 e. The minimum Gasteiger partial charge on any atom is -0.453 e. The van der Waals surface area contributed by atoms with E-state index in [9.17, 15) is 0 Å². The Balaban J connectivity index is 1.06. The number of nitrogens with zero attached hydrogens (tertiary/aromatic N) is 1. The third-order valence-corrected chi connectivity index (χ3v) is 11.9. The van der Waals surface area contributed by atoms with E-state index < -0.39 is 0 Å². The van der Waals surface area contributed by atoms with Gasteiger partial charge in [-0.1, -0.05) is 140 Å². The van der Waals surface area contributed by atoms with E-state index in [1.165, 1.54) is 31.3 Å². The molecule has 0 aliphatic carbocycles. The average Bonchev–Trinajstić information content (AvgIpc) is 3.54. The second-order valence-electron chi connectivity index (χ2n) is 14.1. The van der Waals surface area contributed by atoms with Crippen LogP contribution in [0.25, 0.3) is 64.3 Å². The highest BCUT2D eigenvalue weighted by Gasteiger charge is 2.23. The highest BCUT2D eigenvalue weighted by molar-refractivity contribution is 7.25. The molecule has 10 aromatic rings. The first-order valence-electron chi connectivity index (χ1n) is 18.8. The van der Waals surface area contributed by atoms with E-state index in [1.54, 1.807) is 0 Å². The van der Waals surface area contributed by atoms with Crippen molar-refractivity contribution in [3.63, 3.8) is 0 Å². The molecule has 11 rings (SSSR count). The first kappa shape index (κ1) is 32.3. The predicted molar refractivity (Wildman–Crippen MR) is 234 cm³/mol. The summed E-state index contributed by atoms with van der Waals surface area (Å²) in [7, 11) is 0. The van der Waals surface area contributed by atoms with Gasteiger partial charge in [0, 0.05) is 37.1 Å². The second kappa shape index (κ2) is 13.3. The van der Waals surface area contributed by atoms with Crippen LogP contribution in [0, 0.1) is 0 Å². The van der Waals surface area contributed by atoms with Gasteiger partial charge in [-0.15, -0.1) is 11.3 Å². The number of ether oxygens (including phenoxy) is 2. The molecule has 1 aliphatic rings. The Morgan fingerprint density at radius 2 is 0.982 bits per heavy atom. The summed E-state index contributed by atoms with van der Waals surface area (Å²) >= 11 is 1.84. The van der Waals surface area contributed by atoms with Crippen molar-refractivity contribution in [2.75, 3.05) is 4.90 Å². The van der Waals surface area contributed by atoms with Crippen molar-refractivity contribution < 1.29 is 9.47 Å². The van der Waals surface area contributed by atoms with Crippen LogP contribution < -0.4 is 14.4 Å². The smallest absolute Gasteiger partial charge is 0.170 e. The summed E-state index contributed by atoms with van der Waals surface area (Å²) in [4.78, 5) is 2.40. The summed E-state index contributed by atoms with van der Waals surface area (Å²) in [6.07, 6.45) is 0. The van der Waals surface area contributed by atoms with Crippen LogP contribution in [-0.4, -0.2) is 0 Å². The van der Waals surface area contributed by atoms with Crippen molar-refractivity contribution in [1.29, 1.82) is 0 Å². The first-order valence-corrected chi connectivity index (χ1v) is 19.6. The topological polar surface area (TPSA) is 21.7 Å². The Bertz CT molecular complexity index is 3090. The van der Waals surface area contributed by atoms with Crippen molar-refractivity contribution in [3.05, 3.63) is 200 Å². The Hall–Kier alpha value is -7.14. The molecule has 9 aromatic carbocycles. The number of hydrogen-bond donors (Lipinski definition) is 0. The Morgan fingerprint density at radius 3 is 1.80 bits per heavy atom. The number of anilines is 3. The molecule has 1 aromatic heterocycles. The van der Waals surface area contributed by atoms with E-state index >= 15 is 0 Å². The summed E-state index contributed by atoms with van der Waals surface area (Å²) in [5.74, 6) is 2.96. The van der Waals surface area contributed by atoms with Crippen LogP contribution in [-0.2, 0) is 0 Å². The zero-order chi connectivity index (χ0) is 37.0. The van der Waals surface area contributed by atoms with Crippen LogP contribution in [0.5, 0.6) is 23.0 Å². The van der Waals surface area contributed by atoms with Crippen LogP contribution in [0.4, 0.5) is 17.1 Å². The van der Waals surface area contributed by atoms with E-state index in [-0.39, 0.29) is 0 Å². The molecule has 3 nitrogen and oxygen atoms in total. The molecule has 2 heterocycles. The van der Waals surface area contributed by atoms with Gasteiger partial charge in [0.2, 0.25) is 0 Å². The van der Waals surface area contributed by atoms with E-state index in [1.807, 2.05) is 41.7 Å². The number of benzene rings is 9. The van der Waals surface area contributed by atoms with Gasteiger partial charge in [0.1, 0.15) is 11.5 Å². The molecular weight excluding hydrogens is 703 g/mol. The lowest BCUT2D eigenvalue weighted by Crippen LogP contribution is -2.11. The van der Waals surface area contributed by atoms with Gasteiger partial charge in [-0.3, -0.25) is 0 Å². The maximum absolute atomic E-state index is 6.63. The number of para-hydroxylation sites is 1. The molecule has 264 valence electrons. The number of fused-ring (bicyclic) bond motifs is 4. The van der Waals surface area contributed by atoms with Gasteiger partial charge in [-0.05, 0) is 93.9 Å². The van der Waals surface area contributed by atoms with Crippen LogP contribution >= 0.6 is 11.3 Å². The lowest BCUT2D eigenvalue weighted by molar-refractivity contribution is 0.439. The first-order chi connectivity index (χ1) is 27.7. The fourth-order valence-corrected chi connectivity index (χ4v) is 9.24. The molecule has 4 heteroatoms. The quantitative estimate of drug-likeness (QED) is 0.170. The van der Waals surface area contributed by atoms with Crippen molar-refractivity contribution >= 4 is 59.3 Å². The van der Waals surface area contributed by atoms with E-state index in [0.29, 0.717) is 11.5 Å². The molecule has 0 radical (unpaired) electrons. The molecule has 0 bridgehead atoms. The Labute approximate surface area is 328 Å². The monoisotopic (exact) mass is 735 g/mol. The zero-order valence-corrected chi connectivity index (χ0v) is 31.0. The molecule has 0 amide bonds. The fraction of sp³-hybridized carbons (Fsp3) is 0. The predicted octanol–water partition coefficient (Wildman–Crippen LogP) is 15.6. The lowest BCUT2D eigenvalue weighted by Gasteiger charge is -2.28. The zero-order valence-electron chi connectivity index (χ0n) is 30.2.